The van der Waals surface area contributed by atoms with Crippen LogP contribution in [0.25, 0.3) is 55.6 Å². The quantitative estimate of drug-likeness (QED) is 0.128. The molecule has 0 aliphatic rings. The Balaban J connectivity index is 0.000000210. The number of hydrogen-bond acceptors (Lipinski definition) is 3. The number of rotatable bonds is 5. The van der Waals surface area contributed by atoms with Crippen molar-refractivity contribution in [1.82, 2.24) is 9.97 Å². The first-order chi connectivity index (χ1) is 24.1. The van der Waals surface area contributed by atoms with Crippen LogP contribution in [0, 0.1) is 50.0 Å². The molecule has 0 aliphatic carbocycles. The van der Waals surface area contributed by atoms with Crippen molar-refractivity contribution in [1.29, 1.82) is 0 Å². The van der Waals surface area contributed by atoms with Crippen LogP contribution in [0.3, 0.4) is 0 Å². The average molecular weight is 887 g/mol. The van der Waals surface area contributed by atoms with Gasteiger partial charge < -0.3 is 14.4 Å². The number of pyridine rings is 2. The molecule has 4 aromatic carbocycles. The number of fused-ring (bicyclic) bond motifs is 3. The minimum absolute atomic E-state index is 0. The molecule has 7 rings (SSSR count). The molecule has 0 unspecified atom stereocenters. The topological polar surface area (TPSA) is 38.9 Å². The zero-order valence-corrected chi connectivity index (χ0v) is 34.7. The second-order valence-corrected chi connectivity index (χ2v) is 20.7. The van der Waals surface area contributed by atoms with Gasteiger partial charge in [-0.1, -0.05) is 86.8 Å². The van der Waals surface area contributed by atoms with Crippen molar-refractivity contribution in [2.45, 2.75) is 67.6 Å². The average Bonchev–Trinajstić information content (AvgIpc) is 3.43. The van der Waals surface area contributed by atoms with Crippen molar-refractivity contribution in [2.75, 3.05) is 0 Å². The second-order valence-electron chi connectivity index (χ2n) is 15.7. The maximum atomic E-state index is 14.4. The van der Waals surface area contributed by atoms with Crippen LogP contribution in [0.2, 0.25) is 19.6 Å². The van der Waals surface area contributed by atoms with Crippen LogP contribution in [-0.4, -0.2) is 18.0 Å². The normalized spacial score (nSPS) is 11.7. The van der Waals surface area contributed by atoms with E-state index in [0.29, 0.717) is 22.2 Å². The van der Waals surface area contributed by atoms with E-state index < -0.39 is 19.7 Å². The molecule has 3 nitrogen and oxygen atoms in total. The van der Waals surface area contributed by atoms with E-state index in [2.05, 4.69) is 109 Å². The van der Waals surface area contributed by atoms with Crippen molar-refractivity contribution in [3.8, 4) is 33.6 Å². The van der Waals surface area contributed by atoms with Gasteiger partial charge in [-0.15, -0.1) is 54.1 Å². The molecule has 7 aromatic rings. The van der Waals surface area contributed by atoms with E-state index in [1.807, 2.05) is 30.3 Å². The van der Waals surface area contributed by atoms with Gasteiger partial charge in [0.25, 0.3) is 0 Å². The Morgan fingerprint density at radius 3 is 2.19 bits per heavy atom. The number of aromatic nitrogens is 2. The zero-order valence-electron chi connectivity index (χ0n) is 31.3. The standard InChI is InChI=1S/C26H18F2NO.C19H26NSi.Ir/c1-14-9-15(2)24(16(3)10-14)17-7-8-29-22(11-17)19-5-4-6-20-25-21(28)12-18(27)13-23(25)30-26(19)20;1-19(2,3)13-16-12-17(15-10-8-7-9-11-15)20-14-18(16)21(4,5)6;/h4,6-13H,1-3H3;7-10,12,14H,13H2,1-6H3;/q2*-1;. The predicted octanol–water partition coefficient (Wildman–Crippen LogP) is 12.0. The Morgan fingerprint density at radius 1 is 0.808 bits per heavy atom. The zero-order chi connectivity index (χ0) is 36.7. The first-order valence-corrected chi connectivity index (χ1v) is 20.8. The molecule has 52 heavy (non-hydrogen) atoms. The Kier molecular flexibility index (Phi) is 11.5. The van der Waals surface area contributed by atoms with Gasteiger partial charge in [0.05, 0.1) is 13.7 Å². The molecular formula is C45H44F2IrN2OSi-2. The molecule has 0 bridgehead atoms. The van der Waals surface area contributed by atoms with Crippen LogP contribution in [0.15, 0.2) is 95.7 Å². The van der Waals surface area contributed by atoms with Gasteiger partial charge in [-0.2, -0.15) is 0 Å². The number of hydrogen-bond donors (Lipinski definition) is 0. The van der Waals surface area contributed by atoms with E-state index in [1.54, 1.807) is 18.3 Å². The fourth-order valence-electron chi connectivity index (χ4n) is 6.93. The molecule has 0 atom stereocenters. The molecule has 7 heteroatoms. The minimum Gasteiger partial charge on any atom is -0.500 e. The monoisotopic (exact) mass is 887 g/mol. The van der Waals surface area contributed by atoms with E-state index in [4.69, 9.17) is 9.40 Å². The number of aryl methyl sites for hydroxylation is 3. The van der Waals surface area contributed by atoms with Crippen molar-refractivity contribution in [3.05, 3.63) is 137 Å². The van der Waals surface area contributed by atoms with Gasteiger partial charge in [0.2, 0.25) is 0 Å². The first kappa shape index (κ1) is 38.9. The summed E-state index contributed by atoms with van der Waals surface area (Å²) in [6.07, 6.45) is 4.96. The first-order valence-electron chi connectivity index (χ1n) is 17.3. The molecule has 1 radical (unpaired) electrons. The fraction of sp³-hybridized carbons (Fsp3) is 0.244. The third-order valence-electron chi connectivity index (χ3n) is 8.93. The van der Waals surface area contributed by atoms with Crippen molar-refractivity contribution in [3.63, 3.8) is 0 Å². The molecular weight excluding hydrogens is 843 g/mol. The maximum Gasteiger partial charge on any atom is 0.136 e. The van der Waals surface area contributed by atoms with Gasteiger partial charge in [-0.05, 0) is 77.5 Å². The van der Waals surface area contributed by atoms with Crippen molar-refractivity contribution >= 4 is 35.2 Å². The number of nitrogens with zero attached hydrogens (tertiary/aromatic N) is 2. The molecule has 0 saturated carbocycles. The summed E-state index contributed by atoms with van der Waals surface area (Å²) in [6, 6.07) is 30.6. The minimum atomic E-state index is -1.37. The van der Waals surface area contributed by atoms with E-state index >= 15 is 0 Å². The van der Waals surface area contributed by atoms with E-state index in [0.717, 1.165) is 34.9 Å². The van der Waals surface area contributed by atoms with E-state index in [9.17, 15) is 8.78 Å². The van der Waals surface area contributed by atoms with Gasteiger partial charge in [-0.25, -0.2) is 8.78 Å². The van der Waals surface area contributed by atoms with Crippen LogP contribution in [0.1, 0.15) is 43.0 Å². The Labute approximate surface area is 320 Å². The number of halogens is 2. The molecule has 3 aromatic heterocycles. The molecule has 0 N–H and O–H groups in total. The molecule has 0 fully saturated rings. The fourth-order valence-corrected chi connectivity index (χ4v) is 8.50. The molecule has 0 amide bonds. The summed E-state index contributed by atoms with van der Waals surface area (Å²) in [6.45, 7) is 20.4. The largest absolute Gasteiger partial charge is 0.500 e. The molecule has 3 heterocycles. The van der Waals surface area contributed by atoms with Crippen molar-refractivity contribution < 1.29 is 33.3 Å². The summed E-state index contributed by atoms with van der Waals surface area (Å²) in [5, 5.41) is 2.33. The van der Waals surface area contributed by atoms with Crippen LogP contribution in [0.5, 0.6) is 0 Å². The number of furan rings is 1. The smallest absolute Gasteiger partial charge is 0.136 e. The summed E-state index contributed by atoms with van der Waals surface area (Å²) in [4.78, 5) is 9.22. The van der Waals surface area contributed by atoms with Crippen LogP contribution < -0.4 is 5.19 Å². The van der Waals surface area contributed by atoms with Crippen LogP contribution >= 0.6 is 0 Å². The van der Waals surface area contributed by atoms with Gasteiger partial charge in [0.15, 0.2) is 0 Å². The third kappa shape index (κ3) is 8.49. The van der Waals surface area contributed by atoms with Crippen LogP contribution in [-0.2, 0) is 26.5 Å². The van der Waals surface area contributed by atoms with Crippen LogP contribution in [0.4, 0.5) is 8.78 Å². The van der Waals surface area contributed by atoms with Gasteiger partial charge in [-0.3, -0.25) is 0 Å². The summed E-state index contributed by atoms with van der Waals surface area (Å²) < 4.78 is 34.0. The predicted molar refractivity (Wildman–Crippen MR) is 210 cm³/mol. The SMILES string of the molecule is CC(C)(C)Cc1cc(-c2[c-]cccc2)ncc1[Si](C)(C)C.Cc1cc(C)c(-c2ccnc(-c3[c-]ccc4c3oc3cc(F)cc(F)c34)c2)c(C)c1.[Ir]. The second kappa shape index (κ2) is 15.4. The molecule has 0 spiro atoms. The third-order valence-corrected chi connectivity index (χ3v) is 11.0. The summed E-state index contributed by atoms with van der Waals surface area (Å²) in [7, 11) is -1.37. The van der Waals surface area contributed by atoms with Gasteiger partial charge >= 0.3 is 0 Å². The molecule has 0 saturated heterocycles. The Morgan fingerprint density at radius 2 is 1.54 bits per heavy atom. The summed E-state index contributed by atoms with van der Waals surface area (Å²) in [5.74, 6) is -1.32. The Hall–Kier alpha value is -4.29. The molecule has 0 aliphatic heterocycles. The summed E-state index contributed by atoms with van der Waals surface area (Å²) >= 11 is 0. The maximum absolute atomic E-state index is 14.4. The Bertz CT molecular complexity index is 2350. The van der Waals surface area contributed by atoms with Gasteiger partial charge in [0.1, 0.15) is 17.2 Å². The summed E-state index contributed by atoms with van der Waals surface area (Å²) in [5.41, 5.74) is 11.6. The molecule has 269 valence electrons. The number of benzene rings is 4. The van der Waals surface area contributed by atoms with E-state index in [-0.39, 0.29) is 36.5 Å². The van der Waals surface area contributed by atoms with E-state index in [1.165, 1.54) is 33.5 Å². The van der Waals surface area contributed by atoms with Crippen molar-refractivity contribution in [2.24, 2.45) is 5.41 Å². The van der Waals surface area contributed by atoms with Gasteiger partial charge in [0, 0.05) is 50.0 Å².